The van der Waals surface area contributed by atoms with Gasteiger partial charge < -0.3 is 10.1 Å². The van der Waals surface area contributed by atoms with Crippen LogP contribution in [0.3, 0.4) is 0 Å². The van der Waals surface area contributed by atoms with E-state index in [9.17, 15) is 9.59 Å². The summed E-state index contributed by atoms with van der Waals surface area (Å²) in [6.45, 7) is 0. The third-order valence-electron chi connectivity index (χ3n) is 2.82. The van der Waals surface area contributed by atoms with Crippen molar-refractivity contribution in [2.24, 2.45) is 0 Å². The van der Waals surface area contributed by atoms with E-state index in [1.54, 1.807) is 42.5 Å². The molecule has 0 atom stereocenters. The van der Waals surface area contributed by atoms with Crippen LogP contribution in [0, 0.1) is 11.3 Å². The second-order valence-corrected chi connectivity index (χ2v) is 4.22. The van der Waals surface area contributed by atoms with E-state index in [0.717, 1.165) is 0 Å². The molecule has 0 aromatic heterocycles. The van der Waals surface area contributed by atoms with E-state index < -0.39 is 5.97 Å². The van der Waals surface area contributed by atoms with E-state index in [2.05, 4.69) is 10.1 Å². The molecular formula is C16H12N2O3. The first-order chi connectivity index (χ1) is 10.1. The zero-order valence-corrected chi connectivity index (χ0v) is 11.3. The molecule has 2 rings (SSSR count). The summed E-state index contributed by atoms with van der Waals surface area (Å²) in [5, 5.41) is 11.4. The molecule has 0 radical (unpaired) electrons. The van der Waals surface area contributed by atoms with Gasteiger partial charge in [-0.3, -0.25) is 4.79 Å². The van der Waals surface area contributed by atoms with Gasteiger partial charge in [-0.1, -0.05) is 6.07 Å². The van der Waals surface area contributed by atoms with Gasteiger partial charge in [0.25, 0.3) is 5.91 Å². The van der Waals surface area contributed by atoms with E-state index in [0.29, 0.717) is 22.4 Å². The summed E-state index contributed by atoms with van der Waals surface area (Å²) in [7, 11) is 1.28. The minimum Gasteiger partial charge on any atom is -0.465 e. The molecule has 0 unspecified atom stereocenters. The highest BCUT2D eigenvalue weighted by atomic mass is 16.5. The standard InChI is InChI=1S/C16H12N2O3/c1-21-16(20)13-4-2-3-12(9-13)15(19)18-14-7-5-11(10-17)6-8-14/h2-9H,1H3,(H,18,19). The maximum Gasteiger partial charge on any atom is 0.337 e. The van der Waals surface area contributed by atoms with Crippen molar-refractivity contribution < 1.29 is 14.3 Å². The fraction of sp³-hybridized carbons (Fsp3) is 0.0625. The molecule has 104 valence electrons. The zero-order valence-electron chi connectivity index (χ0n) is 11.3. The molecular weight excluding hydrogens is 268 g/mol. The van der Waals surface area contributed by atoms with Gasteiger partial charge in [-0.25, -0.2) is 4.79 Å². The lowest BCUT2D eigenvalue weighted by Gasteiger charge is -2.06. The number of anilines is 1. The van der Waals surface area contributed by atoms with Crippen LogP contribution >= 0.6 is 0 Å². The predicted molar refractivity (Wildman–Crippen MR) is 76.9 cm³/mol. The van der Waals surface area contributed by atoms with E-state index in [-0.39, 0.29) is 5.91 Å². The minimum absolute atomic E-state index is 0.310. The molecule has 0 spiro atoms. The minimum atomic E-state index is -0.497. The Bertz CT molecular complexity index is 715. The van der Waals surface area contributed by atoms with Gasteiger partial charge in [-0.2, -0.15) is 5.26 Å². The van der Waals surface area contributed by atoms with E-state index in [1.165, 1.54) is 13.2 Å². The zero-order chi connectivity index (χ0) is 15.2. The van der Waals surface area contributed by atoms with E-state index in [1.807, 2.05) is 6.07 Å². The first-order valence-corrected chi connectivity index (χ1v) is 6.14. The third kappa shape index (κ3) is 3.45. The van der Waals surface area contributed by atoms with Crippen molar-refractivity contribution in [3.05, 3.63) is 65.2 Å². The Kier molecular flexibility index (Phi) is 4.32. The van der Waals surface area contributed by atoms with Gasteiger partial charge in [0, 0.05) is 11.3 Å². The van der Waals surface area contributed by atoms with Crippen LogP contribution in [0.4, 0.5) is 5.69 Å². The summed E-state index contributed by atoms with van der Waals surface area (Å²) in [6, 6.07) is 14.8. The number of esters is 1. The first-order valence-electron chi connectivity index (χ1n) is 6.14. The molecule has 0 bridgehead atoms. The van der Waals surface area contributed by atoms with Crippen LogP contribution in [0.1, 0.15) is 26.3 Å². The average Bonchev–Trinajstić information content (AvgIpc) is 2.55. The van der Waals surface area contributed by atoms with Gasteiger partial charge in [-0.15, -0.1) is 0 Å². The second kappa shape index (κ2) is 6.35. The number of rotatable bonds is 3. The number of methoxy groups -OCH3 is 1. The van der Waals surface area contributed by atoms with Crippen LogP contribution in [-0.2, 0) is 4.74 Å². The maximum atomic E-state index is 12.1. The highest BCUT2D eigenvalue weighted by Gasteiger charge is 2.10. The number of nitrogens with zero attached hydrogens (tertiary/aromatic N) is 1. The van der Waals surface area contributed by atoms with Crippen molar-refractivity contribution in [3.8, 4) is 6.07 Å². The van der Waals surface area contributed by atoms with Crippen LogP contribution in [0.25, 0.3) is 0 Å². The smallest absolute Gasteiger partial charge is 0.337 e. The number of amides is 1. The molecule has 0 aliphatic rings. The number of hydrogen-bond acceptors (Lipinski definition) is 4. The summed E-state index contributed by atoms with van der Waals surface area (Å²) in [4.78, 5) is 23.5. The van der Waals surface area contributed by atoms with Gasteiger partial charge in [-0.05, 0) is 42.5 Å². The molecule has 5 nitrogen and oxygen atoms in total. The fourth-order valence-electron chi connectivity index (χ4n) is 1.74. The van der Waals surface area contributed by atoms with Gasteiger partial charge in [0.15, 0.2) is 0 Å². The number of carbonyl (C=O) groups excluding carboxylic acids is 2. The summed E-state index contributed by atoms with van der Waals surface area (Å²) < 4.78 is 4.61. The van der Waals surface area contributed by atoms with Crippen molar-refractivity contribution in [1.82, 2.24) is 0 Å². The Morgan fingerprint density at radius 2 is 1.76 bits per heavy atom. The summed E-state index contributed by atoms with van der Waals surface area (Å²) >= 11 is 0. The van der Waals surface area contributed by atoms with Crippen molar-refractivity contribution in [2.45, 2.75) is 0 Å². The van der Waals surface area contributed by atoms with Crippen LogP contribution in [0.15, 0.2) is 48.5 Å². The third-order valence-corrected chi connectivity index (χ3v) is 2.82. The highest BCUT2D eigenvalue weighted by molar-refractivity contribution is 6.05. The van der Waals surface area contributed by atoms with Crippen LogP contribution < -0.4 is 5.32 Å². The number of carbonyl (C=O) groups is 2. The van der Waals surface area contributed by atoms with Gasteiger partial charge in [0.05, 0.1) is 24.3 Å². The van der Waals surface area contributed by atoms with Gasteiger partial charge >= 0.3 is 5.97 Å². The normalized spacial score (nSPS) is 9.52. The topological polar surface area (TPSA) is 79.2 Å². The molecule has 21 heavy (non-hydrogen) atoms. The lowest BCUT2D eigenvalue weighted by atomic mass is 10.1. The van der Waals surface area contributed by atoms with Crippen molar-refractivity contribution in [3.63, 3.8) is 0 Å². The summed E-state index contributed by atoms with van der Waals surface area (Å²) in [6.07, 6.45) is 0. The van der Waals surface area contributed by atoms with Crippen LogP contribution in [-0.4, -0.2) is 19.0 Å². The molecule has 1 N–H and O–H groups in total. The van der Waals surface area contributed by atoms with Crippen molar-refractivity contribution in [1.29, 1.82) is 5.26 Å². The Hall–Kier alpha value is -3.13. The fourth-order valence-corrected chi connectivity index (χ4v) is 1.74. The Morgan fingerprint density at radius 3 is 2.38 bits per heavy atom. The average molecular weight is 280 g/mol. The number of nitrogens with one attached hydrogen (secondary N) is 1. The summed E-state index contributed by atoms with van der Waals surface area (Å²) in [5.74, 6) is -0.839. The van der Waals surface area contributed by atoms with Crippen molar-refractivity contribution in [2.75, 3.05) is 12.4 Å². The molecule has 0 fully saturated rings. The summed E-state index contributed by atoms with van der Waals surface area (Å²) in [5.41, 5.74) is 1.75. The molecule has 2 aromatic rings. The highest BCUT2D eigenvalue weighted by Crippen LogP contribution is 2.12. The SMILES string of the molecule is COC(=O)c1cccc(C(=O)Nc2ccc(C#N)cc2)c1. The number of ether oxygens (including phenoxy) is 1. The Labute approximate surface area is 121 Å². The molecule has 0 heterocycles. The molecule has 0 saturated heterocycles. The lowest BCUT2D eigenvalue weighted by molar-refractivity contribution is 0.0600. The number of benzene rings is 2. The van der Waals surface area contributed by atoms with Crippen LogP contribution in [0.2, 0.25) is 0 Å². The monoisotopic (exact) mass is 280 g/mol. The molecule has 2 aromatic carbocycles. The molecule has 0 saturated carbocycles. The number of nitriles is 1. The van der Waals surface area contributed by atoms with Crippen LogP contribution in [0.5, 0.6) is 0 Å². The quantitative estimate of drug-likeness (QED) is 0.876. The lowest BCUT2D eigenvalue weighted by Crippen LogP contribution is -2.13. The van der Waals surface area contributed by atoms with E-state index in [4.69, 9.17) is 5.26 Å². The maximum absolute atomic E-state index is 12.1. The van der Waals surface area contributed by atoms with Gasteiger partial charge in [0.1, 0.15) is 0 Å². The Morgan fingerprint density at radius 1 is 1.10 bits per heavy atom. The van der Waals surface area contributed by atoms with E-state index >= 15 is 0 Å². The molecule has 0 aliphatic carbocycles. The Balaban J connectivity index is 2.16. The van der Waals surface area contributed by atoms with Crippen molar-refractivity contribution >= 4 is 17.6 Å². The number of hydrogen-bond donors (Lipinski definition) is 1. The molecule has 1 amide bonds. The second-order valence-electron chi connectivity index (χ2n) is 4.22. The first kappa shape index (κ1) is 14.3. The largest absolute Gasteiger partial charge is 0.465 e. The molecule has 0 aliphatic heterocycles. The molecule has 5 heteroatoms. The predicted octanol–water partition coefficient (Wildman–Crippen LogP) is 2.60. The van der Waals surface area contributed by atoms with Gasteiger partial charge in [0.2, 0.25) is 0 Å².